The van der Waals surface area contributed by atoms with Crippen molar-refractivity contribution in [3.63, 3.8) is 0 Å². The van der Waals surface area contributed by atoms with Crippen LogP contribution in [-0.4, -0.2) is 12.1 Å². The molecule has 0 fully saturated rings. The zero-order valence-electron chi connectivity index (χ0n) is 16.3. The molecular formula is C22H40O2. The maximum atomic E-state index is 12.0. The van der Waals surface area contributed by atoms with Crippen LogP contribution in [0.25, 0.3) is 0 Å². The molecule has 0 N–H and O–H groups in total. The van der Waals surface area contributed by atoms with Crippen LogP contribution in [0.2, 0.25) is 0 Å². The zero-order chi connectivity index (χ0) is 17.5. The first-order valence-electron chi connectivity index (χ1n) is 10.7. The van der Waals surface area contributed by atoms with E-state index < -0.39 is 0 Å². The summed E-state index contributed by atoms with van der Waals surface area (Å²) >= 11 is 0. The Bertz CT molecular complexity index is 346. The summed E-state index contributed by atoms with van der Waals surface area (Å²) in [6.45, 7) is 4.48. The van der Waals surface area contributed by atoms with Gasteiger partial charge < -0.3 is 4.74 Å². The molecule has 24 heavy (non-hydrogen) atoms. The third-order valence-electron chi connectivity index (χ3n) is 5.09. The zero-order valence-corrected chi connectivity index (χ0v) is 16.3. The summed E-state index contributed by atoms with van der Waals surface area (Å²) in [5.41, 5.74) is 0.925. The van der Waals surface area contributed by atoms with Crippen LogP contribution in [0, 0.1) is 0 Å². The Morgan fingerprint density at radius 3 is 1.96 bits per heavy atom. The Morgan fingerprint density at radius 2 is 1.38 bits per heavy atom. The lowest BCUT2D eigenvalue weighted by Gasteiger charge is -2.22. The highest BCUT2D eigenvalue weighted by atomic mass is 16.5. The van der Waals surface area contributed by atoms with Crippen LogP contribution in [0.3, 0.4) is 0 Å². The van der Waals surface area contributed by atoms with Crippen molar-refractivity contribution in [2.45, 2.75) is 123 Å². The molecule has 1 aliphatic rings. The van der Waals surface area contributed by atoms with Crippen LogP contribution >= 0.6 is 0 Å². The van der Waals surface area contributed by atoms with Gasteiger partial charge in [-0.25, -0.2) is 4.79 Å². The Hall–Kier alpha value is -0.790. The summed E-state index contributed by atoms with van der Waals surface area (Å²) in [4.78, 5) is 12.0. The normalized spacial score (nSPS) is 17.7. The number of hydrogen-bond acceptors (Lipinski definition) is 2. The summed E-state index contributed by atoms with van der Waals surface area (Å²) in [5.74, 6) is -0.0429. The summed E-state index contributed by atoms with van der Waals surface area (Å²) < 4.78 is 5.62. The second kappa shape index (κ2) is 14.5. The van der Waals surface area contributed by atoms with E-state index in [1.165, 1.54) is 77.0 Å². The van der Waals surface area contributed by atoms with Gasteiger partial charge in [0.25, 0.3) is 0 Å². The first-order chi connectivity index (χ1) is 11.8. The van der Waals surface area contributed by atoms with Gasteiger partial charge in [0.2, 0.25) is 0 Å². The summed E-state index contributed by atoms with van der Waals surface area (Å²) in [6.07, 6.45) is 22.1. The van der Waals surface area contributed by atoms with Gasteiger partial charge in [-0.1, -0.05) is 90.6 Å². The largest absolute Gasteiger partial charge is 0.459 e. The molecule has 0 radical (unpaired) electrons. The van der Waals surface area contributed by atoms with E-state index in [9.17, 15) is 4.79 Å². The Balaban J connectivity index is 2.01. The molecule has 0 aromatic carbocycles. The molecule has 2 nitrogen and oxygen atoms in total. The molecule has 0 unspecified atom stereocenters. The molecule has 0 spiro atoms. The van der Waals surface area contributed by atoms with E-state index in [0.717, 1.165) is 31.3 Å². The quantitative estimate of drug-likeness (QED) is 0.235. The maximum absolute atomic E-state index is 12.0. The number of ether oxygens (including phenoxy) is 1. The van der Waals surface area contributed by atoms with Gasteiger partial charge in [-0.05, 0) is 25.7 Å². The van der Waals surface area contributed by atoms with Gasteiger partial charge in [0.15, 0.2) is 0 Å². The van der Waals surface area contributed by atoms with E-state index in [-0.39, 0.29) is 12.1 Å². The predicted octanol–water partition coefficient (Wildman–Crippen LogP) is 7.12. The van der Waals surface area contributed by atoms with Crippen LogP contribution in [0.4, 0.5) is 0 Å². The molecule has 140 valence electrons. The van der Waals surface area contributed by atoms with Crippen molar-refractivity contribution in [2.24, 2.45) is 0 Å². The molecule has 0 aromatic heterocycles. The third kappa shape index (κ3) is 10.2. The highest BCUT2D eigenvalue weighted by molar-refractivity contribution is 5.89. The minimum atomic E-state index is -0.0429. The average molecular weight is 337 g/mol. The molecule has 0 saturated heterocycles. The number of hydrogen-bond donors (Lipinski definition) is 0. The van der Waals surface area contributed by atoms with Crippen LogP contribution in [0.1, 0.15) is 117 Å². The van der Waals surface area contributed by atoms with E-state index in [1.54, 1.807) is 0 Å². The van der Waals surface area contributed by atoms with Gasteiger partial charge in [0.1, 0.15) is 6.10 Å². The molecule has 1 rings (SSSR count). The van der Waals surface area contributed by atoms with E-state index in [2.05, 4.69) is 19.9 Å². The van der Waals surface area contributed by atoms with E-state index in [0.29, 0.717) is 0 Å². The molecular weight excluding hydrogens is 296 g/mol. The summed E-state index contributed by atoms with van der Waals surface area (Å²) in [6, 6.07) is 0. The lowest BCUT2D eigenvalue weighted by molar-refractivity contribution is -0.146. The highest BCUT2D eigenvalue weighted by Crippen LogP contribution is 2.23. The number of esters is 1. The summed E-state index contributed by atoms with van der Waals surface area (Å²) in [7, 11) is 0. The second-order valence-corrected chi connectivity index (χ2v) is 7.42. The van der Waals surface area contributed by atoms with Crippen molar-refractivity contribution < 1.29 is 9.53 Å². The topological polar surface area (TPSA) is 26.3 Å². The first-order valence-corrected chi connectivity index (χ1v) is 10.7. The molecule has 0 amide bonds. The van der Waals surface area contributed by atoms with Crippen LogP contribution in [0.5, 0.6) is 0 Å². The lowest BCUT2D eigenvalue weighted by atomic mass is 9.99. The Labute approximate surface area is 150 Å². The maximum Gasteiger partial charge on any atom is 0.333 e. The third-order valence-corrected chi connectivity index (χ3v) is 5.09. The van der Waals surface area contributed by atoms with Crippen LogP contribution < -0.4 is 0 Å². The van der Waals surface area contributed by atoms with Gasteiger partial charge in [-0.3, -0.25) is 0 Å². The number of unbranched alkanes of at least 4 members (excludes halogenated alkanes) is 11. The number of carbonyl (C=O) groups excluding carboxylic acids is 1. The fraction of sp³-hybridized carbons (Fsp3) is 0.864. The fourth-order valence-electron chi connectivity index (χ4n) is 3.44. The molecule has 1 heterocycles. The smallest absolute Gasteiger partial charge is 0.333 e. The van der Waals surface area contributed by atoms with Crippen LogP contribution in [0.15, 0.2) is 11.6 Å². The Kier molecular flexibility index (Phi) is 12.9. The predicted molar refractivity (Wildman–Crippen MR) is 103 cm³/mol. The monoisotopic (exact) mass is 336 g/mol. The molecule has 2 heteroatoms. The van der Waals surface area contributed by atoms with Crippen molar-refractivity contribution >= 4 is 5.97 Å². The van der Waals surface area contributed by atoms with Gasteiger partial charge in [0.05, 0.1) is 0 Å². The number of carbonyl (C=O) groups is 1. The van der Waals surface area contributed by atoms with Crippen molar-refractivity contribution in [3.05, 3.63) is 11.6 Å². The molecule has 0 bridgehead atoms. The van der Waals surface area contributed by atoms with Gasteiger partial charge >= 0.3 is 5.97 Å². The molecule has 0 aliphatic carbocycles. The molecule has 1 atom stereocenters. The van der Waals surface area contributed by atoms with Crippen molar-refractivity contribution in [3.8, 4) is 0 Å². The first kappa shape index (κ1) is 21.3. The van der Waals surface area contributed by atoms with Gasteiger partial charge in [0, 0.05) is 12.0 Å². The number of rotatable bonds is 15. The lowest BCUT2D eigenvalue weighted by Crippen LogP contribution is -2.23. The van der Waals surface area contributed by atoms with Crippen molar-refractivity contribution in [1.29, 1.82) is 0 Å². The highest BCUT2D eigenvalue weighted by Gasteiger charge is 2.21. The molecule has 1 aliphatic heterocycles. The molecule has 0 aromatic rings. The SMILES string of the molecule is CCCCCCCCCCC[C@H]1CC=C(CCCCCC)C(=O)O1. The van der Waals surface area contributed by atoms with E-state index >= 15 is 0 Å². The summed E-state index contributed by atoms with van der Waals surface area (Å²) in [5, 5.41) is 0. The van der Waals surface area contributed by atoms with Gasteiger partial charge in [-0.2, -0.15) is 0 Å². The second-order valence-electron chi connectivity index (χ2n) is 7.42. The molecule has 0 saturated carbocycles. The van der Waals surface area contributed by atoms with Crippen molar-refractivity contribution in [1.82, 2.24) is 0 Å². The van der Waals surface area contributed by atoms with Crippen LogP contribution in [-0.2, 0) is 9.53 Å². The average Bonchev–Trinajstić information content (AvgIpc) is 2.59. The standard InChI is InChI=1S/C22H40O2/c1-3-5-7-9-10-11-12-13-15-17-21-19-18-20(22(23)24-21)16-14-8-6-4-2/h18,21H,3-17,19H2,1-2H3/t21-/m0/s1. The van der Waals surface area contributed by atoms with E-state index in [1.807, 2.05) is 0 Å². The number of cyclic esters (lactones) is 1. The Morgan fingerprint density at radius 1 is 0.833 bits per heavy atom. The van der Waals surface area contributed by atoms with Crippen molar-refractivity contribution in [2.75, 3.05) is 0 Å². The van der Waals surface area contributed by atoms with Gasteiger partial charge in [-0.15, -0.1) is 0 Å². The van der Waals surface area contributed by atoms with E-state index in [4.69, 9.17) is 4.74 Å². The minimum absolute atomic E-state index is 0.0429. The minimum Gasteiger partial charge on any atom is -0.459 e. The fourth-order valence-corrected chi connectivity index (χ4v) is 3.44.